The van der Waals surface area contributed by atoms with Gasteiger partial charge in [0.25, 0.3) is 0 Å². The number of nitrogens with zero attached hydrogens (tertiary/aromatic N) is 2. The Balaban J connectivity index is 1.85. The first kappa shape index (κ1) is 13.2. The van der Waals surface area contributed by atoms with Gasteiger partial charge in [0, 0.05) is 29.6 Å². The Labute approximate surface area is 112 Å². The van der Waals surface area contributed by atoms with Gasteiger partial charge in [-0.05, 0) is 37.1 Å². The summed E-state index contributed by atoms with van der Waals surface area (Å²) in [7, 11) is 1.97. The molecule has 4 heteroatoms. The summed E-state index contributed by atoms with van der Waals surface area (Å²) in [4.78, 5) is 1.24. The van der Waals surface area contributed by atoms with Crippen LogP contribution in [0.25, 0.3) is 0 Å². The van der Waals surface area contributed by atoms with Gasteiger partial charge >= 0.3 is 0 Å². The summed E-state index contributed by atoms with van der Waals surface area (Å²) in [6.07, 6.45) is 2.45. The van der Waals surface area contributed by atoms with Crippen LogP contribution in [0.4, 0.5) is 0 Å². The molecule has 1 aromatic carbocycles. The Morgan fingerprint density at radius 2 is 2.00 bits per heavy atom. The Kier molecular flexibility index (Phi) is 4.44. The second-order valence-corrected chi connectivity index (χ2v) is 5.46. The molecule has 18 heavy (non-hydrogen) atoms. The van der Waals surface area contributed by atoms with E-state index in [1.807, 2.05) is 41.8 Å². The van der Waals surface area contributed by atoms with E-state index in [0.717, 1.165) is 17.7 Å². The van der Waals surface area contributed by atoms with Gasteiger partial charge in [-0.15, -0.1) is 11.8 Å². The average molecular weight is 262 g/mol. The van der Waals surface area contributed by atoms with Crippen molar-refractivity contribution < 1.29 is 5.11 Å². The van der Waals surface area contributed by atoms with Crippen molar-refractivity contribution >= 4 is 11.8 Å². The third kappa shape index (κ3) is 3.37. The Morgan fingerprint density at radius 3 is 2.56 bits per heavy atom. The molecule has 0 amide bonds. The molecule has 1 heterocycles. The number of hydrogen-bond acceptors (Lipinski definition) is 3. The van der Waals surface area contributed by atoms with E-state index in [2.05, 4.69) is 23.3 Å². The highest BCUT2D eigenvalue weighted by atomic mass is 32.2. The molecule has 0 spiro atoms. The lowest BCUT2D eigenvalue weighted by molar-refractivity contribution is 0.199. The highest BCUT2D eigenvalue weighted by Crippen LogP contribution is 2.21. The monoisotopic (exact) mass is 262 g/mol. The summed E-state index contributed by atoms with van der Waals surface area (Å²) in [5, 5.41) is 13.6. The maximum Gasteiger partial charge on any atom is 0.0761 e. The highest BCUT2D eigenvalue weighted by Gasteiger charge is 2.02. The summed E-state index contributed by atoms with van der Waals surface area (Å²) in [5.74, 6) is 1.04. The van der Waals surface area contributed by atoms with Gasteiger partial charge in [0.15, 0.2) is 0 Å². The number of hydrogen-bond donors (Lipinski definition) is 1. The fourth-order valence-corrected chi connectivity index (χ4v) is 2.64. The zero-order valence-electron chi connectivity index (χ0n) is 10.7. The van der Waals surface area contributed by atoms with Crippen molar-refractivity contribution in [3.63, 3.8) is 0 Å². The molecule has 2 aromatic rings. The van der Waals surface area contributed by atoms with Crippen LogP contribution in [0, 0.1) is 0 Å². The molecule has 0 aliphatic carbocycles. The molecule has 1 N–H and O–H groups in total. The third-order valence-corrected chi connectivity index (χ3v) is 3.93. The number of benzene rings is 1. The fraction of sp³-hybridized carbons (Fsp3) is 0.357. The molecular formula is C14H18N2OS. The summed E-state index contributed by atoms with van der Waals surface area (Å²) in [6, 6.07) is 10.1. The van der Waals surface area contributed by atoms with Crippen LogP contribution in [0.1, 0.15) is 24.3 Å². The number of aryl methyl sites for hydroxylation is 2. The van der Waals surface area contributed by atoms with Crippen molar-refractivity contribution in [2.75, 3.05) is 5.75 Å². The Hall–Kier alpha value is -1.26. The van der Waals surface area contributed by atoms with Crippen molar-refractivity contribution in [3.05, 3.63) is 47.8 Å². The molecule has 1 atom stereocenters. The number of aliphatic hydroxyl groups excluding tert-OH is 1. The van der Waals surface area contributed by atoms with Crippen molar-refractivity contribution in [1.82, 2.24) is 9.78 Å². The van der Waals surface area contributed by atoms with E-state index < -0.39 is 6.10 Å². The SMILES string of the molecule is CC(O)c1ccc(SCCc2ccnn2C)cc1. The first-order valence-electron chi connectivity index (χ1n) is 6.04. The summed E-state index contributed by atoms with van der Waals surface area (Å²) in [6.45, 7) is 1.78. The lowest BCUT2D eigenvalue weighted by Crippen LogP contribution is -1.99. The maximum atomic E-state index is 9.43. The van der Waals surface area contributed by atoms with Crippen LogP contribution in [0.5, 0.6) is 0 Å². The zero-order valence-corrected chi connectivity index (χ0v) is 11.5. The van der Waals surface area contributed by atoms with E-state index in [0.29, 0.717) is 0 Å². The maximum absolute atomic E-state index is 9.43. The van der Waals surface area contributed by atoms with Crippen LogP contribution in [0.3, 0.4) is 0 Å². The Morgan fingerprint density at radius 1 is 1.28 bits per heavy atom. The lowest BCUT2D eigenvalue weighted by Gasteiger charge is -2.06. The predicted octanol–water partition coefficient (Wildman–Crippen LogP) is 2.81. The van der Waals surface area contributed by atoms with E-state index in [9.17, 15) is 5.11 Å². The zero-order chi connectivity index (χ0) is 13.0. The molecule has 0 radical (unpaired) electrons. The molecule has 1 unspecified atom stereocenters. The van der Waals surface area contributed by atoms with Crippen LogP contribution in [-0.4, -0.2) is 20.6 Å². The van der Waals surface area contributed by atoms with Crippen molar-refractivity contribution in [2.24, 2.45) is 7.05 Å². The van der Waals surface area contributed by atoms with Crippen LogP contribution in [-0.2, 0) is 13.5 Å². The predicted molar refractivity (Wildman–Crippen MR) is 74.7 cm³/mol. The van der Waals surface area contributed by atoms with Gasteiger partial charge in [-0.3, -0.25) is 4.68 Å². The minimum atomic E-state index is -0.390. The molecule has 0 fully saturated rings. The molecule has 0 saturated heterocycles. The smallest absolute Gasteiger partial charge is 0.0761 e. The third-order valence-electron chi connectivity index (χ3n) is 2.91. The molecular weight excluding hydrogens is 244 g/mol. The molecule has 3 nitrogen and oxygen atoms in total. The molecule has 0 aliphatic rings. The fourth-order valence-electron chi connectivity index (χ4n) is 1.76. The van der Waals surface area contributed by atoms with Crippen molar-refractivity contribution in [1.29, 1.82) is 0 Å². The van der Waals surface area contributed by atoms with Gasteiger partial charge in [0.1, 0.15) is 0 Å². The standard InChI is InChI=1S/C14H18N2OS/c1-11(17)12-3-5-14(6-4-12)18-10-8-13-7-9-15-16(13)2/h3-7,9,11,17H,8,10H2,1-2H3. The Bertz CT molecular complexity index is 491. The first-order valence-corrected chi connectivity index (χ1v) is 7.03. The second-order valence-electron chi connectivity index (χ2n) is 4.29. The topological polar surface area (TPSA) is 38.1 Å². The summed E-state index contributed by atoms with van der Waals surface area (Å²) >= 11 is 1.83. The minimum absolute atomic E-state index is 0.390. The van der Waals surface area contributed by atoms with Gasteiger partial charge in [0.2, 0.25) is 0 Å². The quantitative estimate of drug-likeness (QED) is 0.842. The van der Waals surface area contributed by atoms with E-state index >= 15 is 0 Å². The van der Waals surface area contributed by atoms with Crippen molar-refractivity contribution in [2.45, 2.75) is 24.3 Å². The second kappa shape index (κ2) is 6.07. The number of rotatable bonds is 5. The minimum Gasteiger partial charge on any atom is -0.389 e. The molecule has 0 saturated carbocycles. The van der Waals surface area contributed by atoms with Crippen molar-refractivity contribution in [3.8, 4) is 0 Å². The van der Waals surface area contributed by atoms with Gasteiger partial charge in [-0.1, -0.05) is 12.1 Å². The number of thioether (sulfide) groups is 1. The molecule has 1 aromatic heterocycles. The lowest BCUT2D eigenvalue weighted by atomic mass is 10.1. The van der Waals surface area contributed by atoms with Gasteiger partial charge in [-0.25, -0.2) is 0 Å². The molecule has 2 rings (SSSR count). The van der Waals surface area contributed by atoms with E-state index in [4.69, 9.17) is 0 Å². The van der Waals surface area contributed by atoms with Gasteiger partial charge in [-0.2, -0.15) is 5.10 Å². The van der Waals surface area contributed by atoms with Gasteiger partial charge in [0.05, 0.1) is 6.10 Å². The largest absolute Gasteiger partial charge is 0.389 e. The molecule has 0 aliphatic heterocycles. The first-order chi connectivity index (χ1) is 8.66. The number of aromatic nitrogens is 2. The number of aliphatic hydroxyl groups is 1. The van der Waals surface area contributed by atoms with Crippen LogP contribution >= 0.6 is 11.8 Å². The normalized spacial score (nSPS) is 12.6. The summed E-state index contributed by atoms with van der Waals surface area (Å²) in [5.41, 5.74) is 2.22. The van der Waals surface area contributed by atoms with Crippen LogP contribution in [0.2, 0.25) is 0 Å². The molecule has 0 bridgehead atoms. The summed E-state index contributed by atoms with van der Waals surface area (Å²) < 4.78 is 1.91. The van der Waals surface area contributed by atoms with Crippen LogP contribution in [0.15, 0.2) is 41.4 Å². The van der Waals surface area contributed by atoms with E-state index in [-0.39, 0.29) is 0 Å². The highest BCUT2D eigenvalue weighted by molar-refractivity contribution is 7.99. The van der Waals surface area contributed by atoms with E-state index in [1.54, 1.807) is 6.92 Å². The average Bonchev–Trinajstić information content (AvgIpc) is 2.76. The molecule has 96 valence electrons. The van der Waals surface area contributed by atoms with E-state index in [1.165, 1.54) is 10.6 Å². The van der Waals surface area contributed by atoms with Crippen LogP contribution < -0.4 is 0 Å². The van der Waals surface area contributed by atoms with Gasteiger partial charge < -0.3 is 5.11 Å².